The molecule has 3 aromatic rings. The van der Waals surface area contributed by atoms with Crippen molar-refractivity contribution in [3.05, 3.63) is 52.3 Å². The van der Waals surface area contributed by atoms with Crippen LogP contribution in [0.2, 0.25) is 0 Å². The Morgan fingerprint density at radius 1 is 1.12 bits per heavy atom. The van der Waals surface area contributed by atoms with E-state index >= 15 is 0 Å². The lowest BCUT2D eigenvalue weighted by molar-refractivity contribution is -0.168. The molecule has 2 aliphatic heterocycles. The highest BCUT2D eigenvalue weighted by molar-refractivity contribution is 5.92. The van der Waals surface area contributed by atoms with E-state index in [1.54, 1.807) is 0 Å². The quantitative estimate of drug-likeness (QED) is 0.267. The highest BCUT2D eigenvalue weighted by atomic mass is 16.6. The fourth-order valence-corrected chi connectivity index (χ4v) is 6.02. The lowest BCUT2D eigenvalue weighted by Gasteiger charge is -2.43. The molecule has 0 amide bonds. The van der Waals surface area contributed by atoms with Crippen molar-refractivity contribution in [2.24, 2.45) is 7.05 Å². The summed E-state index contributed by atoms with van der Waals surface area (Å²) in [5, 5.41) is 9.20. The number of pyridine rings is 1. The van der Waals surface area contributed by atoms with Gasteiger partial charge in [0.2, 0.25) is 0 Å². The van der Waals surface area contributed by atoms with Crippen molar-refractivity contribution in [2.75, 3.05) is 31.6 Å². The summed E-state index contributed by atoms with van der Waals surface area (Å²) in [5.41, 5.74) is 6.04. The van der Waals surface area contributed by atoms with Gasteiger partial charge in [-0.1, -0.05) is 24.6 Å². The Bertz CT molecular complexity index is 1350. The predicted molar refractivity (Wildman–Crippen MR) is 159 cm³/mol. The molecule has 1 fully saturated rings. The summed E-state index contributed by atoms with van der Waals surface area (Å²) < 4.78 is 14.0. The number of likely N-dealkylation sites (tertiary alicyclic amines) is 1. The second-order valence-corrected chi connectivity index (χ2v) is 12.4. The number of unbranched alkanes of at least 4 members (excludes halogenated alkanes) is 2. The Kier molecular flexibility index (Phi) is 8.47. The molecule has 0 aliphatic carbocycles. The molecule has 8 nitrogen and oxygen atoms in total. The van der Waals surface area contributed by atoms with Crippen LogP contribution in [-0.4, -0.2) is 63.6 Å². The minimum atomic E-state index is -0.562. The predicted octanol–water partition coefficient (Wildman–Crippen LogP) is 5.44. The SMILES string of the molecule is Cc1ccc(C(C(=O)OC(C)(C)C)N2CC(OCCCCCc3ccc4c(n3)NCCC4)C2)c2c1c(C)nn2C. The smallest absolute Gasteiger partial charge is 0.328 e. The first-order chi connectivity index (χ1) is 19.1. The van der Waals surface area contributed by atoms with E-state index in [-0.39, 0.29) is 12.1 Å². The average Bonchev–Trinajstić information content (AvgIpc) is 3.18. The van der Waals surface area contributed by atoms with E-state index in [0.717, 1.165) is 78.8 Å². The Labute approximate surface area is 238 Å². The number of carbonyl (C=O) groups is 1. The Hall–Kier alpha value is -2.97. The largest absolute Gasteiger partial charge is 0.459 e. The molecule has 1 unspecified atom stereocenters. The van der Waals surface area contributed by atoms with Crippen molar-refractivity contribution < 1.29 is 14.3 Å². The van der Waals surface area contributed by atoms with Crippen LogP contribution < -0.4 is 5.32 Å². The van der Waals surface area contributed by atoms with Crippen LogP contribution >= 0.6 is 0 Å². The summed E-state index contributed by atoms with van der Waals surface area (Å²) in [4.78, 5) is 20.5. The third-order valence-electron chi connectivity index (χ3n) is 7.95. The van der Waals surface area contributed by atoms with Gasteiger partial charge in [0.05, 0.1) is 17.3 Å². The van der Waals surface area contributed by atoms with Gasteiger partial charge < -0.3 is 14.8 Å². The van der Waals surface area contributed by atoms with Crippen LogP contribution in [0.3, 0.4) is 0 Å². The zero-order valence-corrected chi connectivity index (χ0v) is 25.0. The number of hydrogen-bond acceptors (Lipinski definition) is 7. The standard InChI is InChI=1S/C32H45N5O3/c1-21-13-16-26(28-27(21)22(2)35-36(28)6)29(31(38)40-32(3,4)5)37-19-25(20-37)39-18-9-7-8-12-24-15-14-23-11-10-17-33-30(23)34-24/h13-16,25,29H,7-12,17-20H2,1-6H3,(H,33,34). The van der Waals surface area contributed by atoms with Crippen molar-refractivity contribution in [2.45, 2.75) is 90.9 Å². The minimum Gasteiger partial charge on any atom is -0.459 e. The number of rotatable bonds is 10. The van der Waals surface area contributed by atoms with E-state index in [4.69, 9.17) is 14.5 Å². The second kappa shape index (κ2) is 11.9. The Morgan fingerprint density at radius 2 is 1.93 bits per heavy atom. The van der Waals surface area contributed by atoms with Crippen molar-refractivity contribution in [1.29, 1.82) is 0 Å². The summed E-state index contributed by atoms with van der Waals surface area (Å²) in [5.74, 6) is 0.858. The Morgan fingerprint density at radius 3 is 2.70 bits per heavy atom. The number of benzene rings is 1. The van der Waals surface area contributed by atoms with Gasteiger partial charge in [0.15, 0.2) is 0 Å². The van der Waals surface area contributed by atoms with E-state index < -0.39 is 11.6 Å². The third-order valence-corrected chi connectivity index (χ3v) is 7.95. The number of ether oxygens (including phenoxy) is 2. The number of aromatic nitrogens is 3. The van der Waals surface area contributed by atoms with Crippen LogP contribution in [0.25, 0.3) is 10.9 Å². The van der Waals surface area contributed by atoms with Crippen molar-refractivity contribution in [3.8, 4) is 0 Å². The number of nitrogens with one attached hydrogen (secondary N) is 1. The minimum absolute atomic E-state index is 0.132. The average molecular weight is 548 g/mol. The molecule has 40 heavy (non-hydrogen) atoms. The van der Waals surface area contributed by atoms with Crippen LogP contribution in [0, 0.1) is 13.8 Å². The highest BCUT2D eigenvalue weighted by Crippen LogP contribution is 2.36. The van der Waals surface area contributed by atoms with Gasteiger partial charge in [-0.05, 0) is 83.9 Å². The fourth-order valence-electron chi connectivity index (χ4n) is 6.02. The first kappa shape index (κ1) is 28.6. The van der Waals surface area contributed by atoms with E-state index in [2.05, 4.69) is 46.5 Å². The van der Waals surface area contributed by atoms with Crippen LogP contribution in [0.4, 0.5) is 5.82 Å². The number of fused-ring (bicyclic) bond motifs is 2. The maximum absolute atomic E-state index is 13.5. The number of aryl methyl sites for hydroxylation is 5. The van der Waals surface area contributed by atoms with Crippen molar-refractivity contribution >= 4 is 22.7 Å². The molecule has 2 aliphatic rings. The van der Waals surface area contributed by atoms with Gasteiger partial charge in [0, 0.05) is 49.9 Å². The second-order valence-electron chi connectivity index (χ2n) is 12.4. The van der Waals surface area contributed by atoms with Crippen molar-refractivity contribution in [3.63, 3.8) is 0 Å². The van der Waals surface area contributed by atoms with E-state index in [1.807, 2.05) is 39.4 Å². The van der Waals surface area contributed by atoms with Crippen LogP contribution in [0.1, 0.15) is 80.6 Å². The fraction of sp³-hybridized carbons (Fsp3) is 0.594. The lowest BCUT2D eigenvalue weighted by atomic mass is 9.95. The first-order valence-corrected chi connectivity index (χ1v) is 14.8. The van der Waals surface area contributed by atoms with Crippen molar-refractivity contribution in [1.82, 2.24) is 19.7 Å². The zero-order chi connectivity index (χ0) is 28.4. The van der Waals surface area contributed by atoms with Crippen LogP contribution in [-0.2, 0) is 34.2 Å². The molecule has 1 saturated heterocycles. The lowest BCUT2D eigenvalue weighted by Crippen LogP contribution is -2.55. The maximum atomic E-state index is 13.5. The molecule has 0 radical (unpaired) electrons. The van der Waals surface area contributed by atoms with E-state index in [1.165, 1.54) is 17.7 Å². The van der Waals surface area contributed by atoms with Crippen LogP contribution in [0.5, 0.6) is 0 Å². The summed E-state index contributed by atoms with van der Waals surface area (Å²) in [7, 11) is 1.95. The molecule has 0 spiro atoms. The van der Waals surface area contributed by atoms with E-state index in [9.17, 15) is 4.79 Å². The summed E-state index contributed by atoms with van der Waals surface area (Å²) in [6.07, 6.45) is 6.71. The van der Waals surface area contributed by atoms with Gasteiger partial charge >= 0.3 is 5.97 Å². The molecular weight excluding hydrogens is 502 g/mol. The number of hydrogen-bond donors (Lipinski definition) is 1. The van der Waals surface area contributed by atoms with Gasteiger partial charge in [0.1, 0.15) is 17.5 Å². The van der Waals surface area contributed by atoms with Crippen LogP contribution in [0.15, 0.2) is 24.3 Å². The van der Waals surface area contributed by atoms with Gasteiger partial charge in [-0.15, -0.1) is 0 Å². The molecular formula is C32H45N5O3. The molecule has 0 saturated carbocycles. The molecule has 0 bridgehead atoms. The van der Waals surface area contributed by atoms with Gasteiger partial charge in [-0.3, -0.25) is 9.58 Å². The molecule has 2 aromatic heterocycles. The normalized spacial score (nSPS) is 16.9. The molecule has 8 heteroatoms. The molecule has 4 heterocycles. The summed E-state index contributed by atoms with van der Waals surface area (Å²) in [6.45, 7) is 13.1. The zero-order valence-electron chi connectivity index (χ0n) is 25.0. The van der Waals surface area contributed by atoms with Gasteiger partial charge in [-0.2, -0.15) is 5.10 Å². The molecule has 5 rings (SSSR count). The topological polar surface area (TPSA) is 81.5 Å². The molecule has 1 atom stereocenters. The number of anilines is 1. The first-order valence-electron chi connectivity index (χ1n) is 14.8. The molecule has 1 N–H and O–H groups in total. The molecule has 1 aromatic carbocycles. The van der Waals surface area contributed by atoms with Gasteiger partial charge in [-0.25, -0.2) is 9.78 Å². The van der Waals surface area contributed by atoms with Gasteiger partial charge in [0.25, 0.3) is 0 Å². The monoisotopic (exact) mass is 547 g/mol. The highest BCUT2D eigenvalue weighted by Gasteiger charge is 2.41. The maximum Gasteiger partial charge on any atom is 0.328 e. The third kappa shape index (κ3) is 6.33. The summed E-state index contributed by atoms with van der Waals surface area (Å²) >= 11 is 0. The Balaban J connectivity index is 1.14. The number of esters is 1. The molecule has 216 valence electrons. The number of carbonyl (C=O) groups excluding carboxylic acids is 1. The summed E-state index contributed by atoms with van der Waals surface area (Å²) in [6, 6.07) is 8.08. The van der Waals surface area contributed by atoms with E-state index in [0.29, 0.717) is 13.1 Å². The number of nitrogens with zero attached hydrogens (tertiary/aromatic N) is 4.